The molecule has 1 aliphatic heterocycles. The van der Waals surface area contributed by atoms with Crippen LogP contribution < -0.4 is 10.6 Å². The molecular weight excluding hydrogens is 503 g/mol. The Morgan fingerprint density at radius 3 is 2.79 bits per heavy atom. The van der Waals surface area contributed by atoms with E-state index in [1.165, 1.54) is 17.0 Å². The quantitative estimate of drug-likeness (QED) is 0.176. The fourth-order valence-corrected chi connectivity index (χ4v) is 3.82. The van der Waals surface area contributed by atoms with E-state index in [1.54, 1.807) is 23.5 Å². The number of guanidine groups is 1. The van der Waals surface area contributed by atoms with Crippen LogP contribution in [0.3, 0.4) is 0 Å². The van der Waals surface area contributed by atoms with Crippen LogP contribution in [-0.2, 0) is 17.7 Å². The van der Waals surface area contributed by atoms with Crippen LogP contribution in [0.1, 0.15) is 30.2 Å². The molecule has 2 aromatic rings. The van der Waals surface area contributed by atoms with E-state index in [0.29, 0.717) is 6.54 Å². The number of non-ortho nitro benzene ring substituents is 1. The number of nitro benzene ring substituents is 1. The third-order valence-corrected chi connectivity index (χ3v) is 5.63. The summed E-state index contributed by atoms with van der Waals surface area (Å²) in [7, 11) is 0. The van der Waals surface area contributed by atoms with Gasteiger partial charge in [-0.25, -0.2) is 4.99 Å². The topological polar surface area (TPSA) is 88.8 Å². The molecule has 0 aliphatic carbocycles. The maximum atomic E-state index is 10.8. The number of nitrogens with zero attached hydrogens (tertiary/aromatic N) is 2. The highest BCUT2D eigenvalue weighted by molar-refractivity contribution is 14.0. The molecule has 9 heteroatoms. The van der Waals surface area contributed by atoms with Gasteiger partial charge in [-0.15, -0.1) is 35.3 Å². The van der Waals surface area contributed by atoms with Crippen molar-refractivity contribution in [3.8, 4) is 0 Å². The first-order valence-electron chi connectivity index (χ1n) is 9.54. The molecule has 2 atom stereocenters. The minimum absolute atomic E-state index is 0. The molecule has 1 aliphatic rings. The van der Waals surface area contributed by atoms with Crippen molar-refractivity contribution in [2.45, 2.75) is 44.9 Å². The van der Waals surface area contributed by atoms with Crippen LogP contribution in [-0.4, -0.2) is 36.2 Å². The zero-order valence-electron chi connectivity index (χ0n) is 16.4. The summed E-state index contributed by atoms with van der Waals surface area (Å²) in [5, 5.41) is 19.7. The molecule has 3 rings (SSSR count). The Balaban J connectivity index is 0.00000300. The first kappa shape index (κ1) is 23.6. The van der Waals surface area contributed by atoms with Crippen molar-refractivity contribution in [1.29, 1.82) is 0 Å². The Hall–Kier alpha value is -1.72. The van der Waals surface area contributed by atoms with Gasteiger partial charge in [0.1, 0.15) is 0 Å². The summed E-state index contributed by atoms with van der Waals surface area (Å²) >= 11 is 1.75. The third kappa shape index (κ3) is 7.56. The van der Waals surface area contributed by atoms with E-state index in [1.807, 2.05) is 0 Å². The lowest BCUT2D eigenvalue weighted by atomic mass is 10.1. The highest BCUT2D eigenvalue weighted by atomic mass is 127. The zero-order valence-corrected chi connectivity index (χ0v) is 19.5. The summed E-state index contributed by atoms with van der Waals surface area (Å²) in [6.45, 7) is 4.16. The van der Waals surface area contributed by atoms with Crippen LogP contribution in [0.5, 0.6) is 0 Å². The summed E-state index contributed by atoms with van der Waals surface area (Å²) in [5.74, 6) is 0.734. The average Bonchev–Trinajstić information content (AvgIpc) is 3.40. The summed E-state index contributed by atoms with van der Waals surface area (Å²) < 4.78 is 5.77. The van der Waals surface area contributed by atoms with Crippen molar-refractivity contribution in [2.24, 2.45) is 4.99 Å². The Labute approximate surface area is 192 Å². The fraction of sp³-hybridized carbons (Fsp3) is 0.450. The van der Waals surface area contributed by atoms with E-state index in [9.17, 15) is 10.1 Å². The van der Waals surface area contributed by atoms with Crippen LogP contribution in [0.2, 0.25) is 0 Å². The molecule has 0 bridgehead atoms. The lowest BCUT2D eigenvalue weighted by Gasteiger charge is -2.23. The number of hydrogen-bond donors (Lipinski definition) is 2. The molecular formula is C20H27IN4O3S. The predicted molar refractivity (Wildman–Crippen MR) is 127 cm³/mol. The van der Waals surface area contributed by atoms with Gasteiger partial charge in [0.2, 0.25) is 0 Å². The number of hydrogen-bond acceptors (Lipinski definition) is 5. The third-order valence-electron chi connectivity index (χ3n) is 4.70. The largest absolute Gasteiger partial charge is 0.376 e. The number of nitrogens with one attached hydrogen (secondary N) is 2. The van der Waals surface area contributed by atoms with E-state index >= 15 is 0 Å². The molecule has 29 heavy (non-hydrogen) atoms. The van der Waals surface area contributed by atoms with Crippen molar-refractivity contribution in [3.63, 3.8) is 0 Å². The smallest absolute Gasteiger partial charge is 0.269 e. The highest BCUT2D eigenvalue weighted by Gasteiger charge is 2.23. The Kier molecular flexibility index (Phi) is 9.82. The van der Waals surface area contributed by atoms with Gasteiger partial charge in [0.05, 0.1) is 23.6 Å². The van der Waals surface area contributed by atoms with E-state index < -0.39 is 4.92 Å². The molecule has 0 saturated carbocycles. The Bertz CT molecular complexity index is 778. The molecule has 2 N–H and O–H groups in total. The number of benzene rings is 1. The molecule has 7 nitrogen and oxygen atoms in total. The van der Waals surface area contributed by atoms with Crippen molar-refractivity contribution in [1.82, 2.24) is 10.6 Å². The Morgan fingerprint density at radius 2 is 2.17 bits per heavy atom. The van der Waals surface area contributed by atoms with Crippen molar-refractivity contribution < 1.29 is 9.66 Å². The second-order valence-electron chi connectivity index (χ2n) is 6.83. The first-order valence-corrected chi connectivity index (χ1v) is 10.4. The number of nitro groups is 1. The van der Waals surface area contributed by atoms with Crippen LogP contribution in [0.15, 0.2) is 46.8 Å². The van der Waals surface area contributed by atoms with Gasteiger partial charge in [-0.2, -0.15) is 0 Å². The maximum absolute atomic E-state index is 10.8. The molecule has 1 fully saturated rings. The van der Waals surface area contributed by atoms with Crippen LogP contribution in [0.4, 0.5) is 5.69 Å². The van der Waals surface area contributed by atoms with Crippen LogP contribution >= 0.6 is 35.3 Å². The van der Waals surface area contributed by atoms with E-state index in [2.05, 4.69) is 40.1 Å². The number of aliphatic imine (C=N–C) groups is 1. The zero-order chi connectivity index (χ0) is 19.8. The maximum Gasteiger partial charge on any atom is 0.269 e. The standard InChI is InChI=1S/C20H26N4O3S.HI/c1-15(19-5-2-12-27-19)23-20(21-11-10-18-4-3-13-28-18)22-14-16-6-8-17(9-7-16)24(25)26;/h3-4,6-9,13,15,19H,2,5,10-12,14H2,1H3,(H2,21,22,23);1H. The monoisotopic (exact) mass is 530 g/mol. The van der Waals surface area contributed by atoms with Gasteiger partial charge in [-0.3, -0.25) is 10.1 Å². The van der Waals surface area contributed by atoms with Crippen molar-refractivity contribution >= 4 is 47.0 Å². The number of halogens is 1. The summed E-state index contributed by atoms with van der Waals surface area (Å²) in [5.41, 5.74) is 1.02. The number of rotatable bonds is 8. The van der Waals surface area contributed by atoms with Gasteiger partial charge in [0.15, 0.2) is 5.96 Å². The number of thiophene rings is 1. The molecule has 0 spiro atoms. The van der Waals surface area contributed by atoms with Crippen molar-refractivity contribution in [2.75, 3.05) is 13.2 Å². The molecule has 1 saturated heterocycles. The van der Waals surface area contributed by atoms with Crippen molar-refractivity contribution in [3.05, 3.63) is 62.3 Å². The second-order valence-corrected chi connectivity index (χ2v) is 7.86. The number of ether oxygens (including phenoxy) is 1. The van der Waals surface area contributed by atoms with Crippen LogP contribution in [0, 0.1) is 10.1 Å². The van der Waals surface area contributed by atoms with Gasteiger partial charge < -0.3 is 15.4 Å². The molecule has 1 aromatic heterocycles. The normalized spacial score (nSPS) is 17.4. The molecule has 0 amide bonds. The molecule has 2 unspecified atom stereocenters. The Morgan fingerprint density at radius 1 is 1.38 bits per heavy atom. The van der Waals surface area contributed by atoms with Gasteiger partial charge in [-0.05, 0) is 43.2 Å². The lowest BCUT2D eigenvalue weighted by Crippen LogP contribution is -2.47. The van der Waals surface area contributed by atoms with Gasteiger partial charge in [-0.1, -0.05) is 18.2 Å². The lowest BCUT2D eigenvalue weighted by molar-refractivity contribution is -0.384. The average molecular weight is 530 g/mol. The minimum Gasteiger partial charge on any atom is -0.376 e. The van der Waals surface area contributed by atoms with Crippen LogP contribution in [0.25, 0.3) is 0 Å². The van der Waals surface area contributed by atoms with E-state index in [4.69, 9.17) is 4.74 Å². The van der Waals surface area contributed by atoms with E-state index in [0.717, 1.165) is 43.9 Å². The molecule has 2 heterocycles. The highest BCUT2D eigenvalue weighted by Crippen LogP contribution is 2.16. The van der Waals surface area contributed by atoms with E-state index in [-0.39, 0.29) is 41.8 Å². The van der Waals surface area contributed by atoms with Gasteiger partial charge in [0, 0.05) is 30.2 Å². The SMILES string of the molecule is CC(NC(=NCc1ccc([N+](=O)[O-])cc1)NCCc1cccs1)C1CCCO1.I. The summed E-state index contributed by atoms with van der Waals surface area (Å²) in [6.07, 6.45) is 3.28. The minimum atomic E-state index is -0.393. The molecule has 0 radical (unpaired) electrons. The predicted octanol–water partition coefficient (Wildman–Crippen LogP) is 4.12. The molecule has 158 valence electrons. The van der Waals surface area contributed by atoms with Gasteiger partial charge in [0.25, 0.3) is 5.69 Å². The fourth-order valence-electron chi connectivity index (χ4n) is 3.11. The molecule has 1 aromatic carbocycles. The first-order chi connectivity index (χ1) is 13.6. The summed E-state index contributed by atoms with van der Waals surface area (Å²) in [4.78, 5) is 16.4. The summed E-state index contributed by atoms with van der Waals surface area (Å²) in [6, 6.07) is 10.9. The second kappa shape index (κ2) is 12.1. The van der Waals surface area contributed by atoms with Gasteiger partial charge >= 0.3 is 0 Å².